The number of hydrogen-bond donors (Lipinski definition) is 1. The van der Waals surface area contributed by atoms with Crippen molar-refractivity contribution in [2.24, 2.45) is 0 Å². The Morgan fingerprint density at radius 1 is 1.11 bits per heavy atom. The Bertz CT molecular complexity index is 376. The van der Waals surface area contributed by atoms with Crippen LogP contribution < -0.4 is 0 Å². The number of rotatable bonds is 4. The summed E-state index contributed by atoms with van der Waals surface area (Å²) in [5.41, 5.74) is 5.52. The van der Waals surface area contributed by atoms with Crippen molar-refractivity contribution in [3.63, 3.8) is 0 Å². The molecule has 0 fully saturated rings. The predicted molar refractivity (Wildman–Crippen MR) is 79.2 cm³/mol. The van der Waals surface area contributed by atoms with Crippen LogP contribution in [0, 0.1) is 13.8 Å². The van der Waals surface area contributed by atoms with Gasteiger partial charge in [0.25, 0.3) is 0 Å². The smallest absolute Gasteiger partial charge is 0.0580 e. The van der Waals surface area contributed by atoms with E-state index in [4.69, 9.17) is 0 Å². The fourth-order valence-corrected chi connectivity index (χ4v) is 2.42. The van der Waals surface area contributed by atoms with E-state index in [1.807, 2.05) is 0 Å². The Balaban J connectivity index is 3.02. The van der Waals surface area contributed by atoms with Crippen molar-refractivity contribution >= 4 is 0 Å². The fourth-order valence-electron chi connectivity index (χ4n) is 2.42. The van der Waals surface area contributed by atoms with Crippen LogP contribution in [-0.4, -0.2) is 11.2 Å². The van der Waals surface area contributed by atoms with E-state index >= 15 is 0 Å². The van der Waals surface area contributed by atoms with E-state index in [1.165, 1.54) is 22.3 Å². The van der Waals surface area contributed by atoms with Crippen molar-refractivity contribution in [2.45, 2.75) is 72.3 Å². The molecule has 1 aromatic carbocycles. The lowest BCUT2D eigenvalue weighted by Crippen LogP contribution is -2.15. The highest BCUT2D eigenvalue weighted by Gasteiger charge is 2.17. The highest BCUT2D eigenvalue weighted by Crippen LogP contribution is 2.27. The van der Waals surface area contributed by atoms with Crippen LogP contribution in [0.2, 0.25) is 0 Å². The van der Waals surface area contributed by atoms with Gasteiger partial charge in [-0.3, -0.25) is 0 Å². The zero-order chi connectivity index (χ0) is 13.9. The molecule has 0 amide bonds. The molecule has 1 unspecified atom stereocenters. The summed E-state index contributed by atoms with van der Waals surface area (Å²) < 4.78 is 0. The molecule has 0 aliphatic heterocycles. The molecule has 18 heavy (non-hydrogen) atoms. The average Bonchev–Trinajstić information content (AvgIpc) is 2.22. The van der Waals surface area contributed by atoms with Crippen molar-refractivity contribution in [3.8, 4) is 0 Å². The summed E-state index contributed by atoms with van der Waals surface area (Å²) in [5.74, 6) is 0. The fraction of sp³-hybridized carbons (Fsp3) is 0.647. The van der Waals surface area contributed by atoms with Crippen LogP contribution in [0.15, 0.2) is 12.1 Å². The molecule has 1 N–H and O–H groups in total. The number of aliphatic hydroxyl groups excluding tert-OH is 1. The molecule has 0 heterocycles. The molecule has 1 nitrogen and oxygen atoms in total. The van der Waals surface area contributed by atoms with Gasteiger partial charge in [-0.05, 0) is 54.4 Å². The van der Waals surface area contributed by atoms with Crippen molar-refractivity contribution in [2.75, 3.05) is 0 Å². The Morgan fingerprint density at radius 2 is 1.61 bits per heavy atom. The first-order valence-electron chi connectivity index (χ1n) is 7.04. The molecule has 1 atom stereocenters. The van der Waals surface area contributed by atoms with Crippen LogP contribution >= 0.6 is 0 Å². The van der Waals surface area contributed by atoms with Gasteiger partial charge in [0, 0.05) is 0 Å². The van der Waals surface area contributed by atoms with Crippen molar-refractivity contribution in [3.05, 3.63) is 34.4 Å². The molecule has 0 saturated heterocycles. The first-order valence-corrected chi connectivity index (χ1v) is 7.04. The quantitative estimate of drug-likeness (QED) is 0.842. The van der Waals surface area contributed by atoms with Gasteiger partial charge in [-0.25, -0.2) is 0 Å². The first-order chi connectivity index (χ1) is 8.25. The third-order valence-corrected chi connectivity index (χ3v) is 3.62. The van der Waals surface area contributed by atoms with Gasteiger partial charge in [0.1, 0.15) is 0 Å². The van der Waals surface area contributed by atoms with Gasteiger partial charge in [-0.2, -0.15) is 0 Å². The minimum atomic E-state index is -0.201. The second-order valence-electron chi connectivity index (χ2n) is 6.49. The zero-order valence-corrected chi connectivity index (χ0v) is 12.8. The van der Waals surface area contributed by atoms with Gasteiger partial charge >= 0.3 is 0 Å². The maximum atomic E-state index is 9.98. The van der Waals surface area contributed by atoms with Crippen molar-refractivity contribution < 1.29 is 5.11 Å². The van der Waals surface area contributed by atoms with E-state index in [0.29, 0.717) is 0 Å². The Labute approximate surface area is 112 Å². The van der Waals surface area contributed by atoms with Gasteiger partial charge in [0.05, 0.1) is 6.10 Å². The summed E-state index contributed by atoms with van der Waals surface area (Å²) in [7, 11) is 0. The number of aryl methyl sites for hydroxylation is 2. The van der Waals surface area contributed by atoms with Crippen LogP contribution in [0.4, 0.5) is 0 Å². The van der Waals surface area contributed by atoms with Crippen LogP contribution in [-0.2, 0) is 11.8 Å². The highest BCUT2D eigenvalue weighted by atomic mass is 16.3. The predicted octanol–water partition coefficient (Wildman–Crippen LogP) is 4.30. The molecule has 0 saturated carbocycles. The molecule has 1 rings (SSSR count). The number of benzene rings is 1. The molecule has 102 valence electrons. The summed E-state index contributed by atoms with van der Waals surface area (Å²) in [5, 5.41) is 9.98. The van der Waals surface area contributed by atoms with E-state index in [9.17, 15) is 5.11 Å². The molecular formula is C17H28O. The van der Waals surface area contributed by atoms with E-state index in [1.54, 1.807) is 0 Å². The third kappa shape index (κ3) is 3.84. The number of aliphatic hydroxyl groups is 1. The Hall–Kier alpha value is -0.820. The lowest BCUT2D eigenvalue weighted by atomic mass is 9.83. The normalized spacial score (nSPS) is 13.7. The molecule has 0 aromatic heterocycles. The molecule has 0 spiro atoms. The van der Waals surface area contributed by atoms with Gasteiger partial charge in [0.2, 0.25) is 0 Å². The zero-order valence-electron chi connectivity index (χ0n) is 12.8. The standard InChI is InChI=1S/C17H28O/c1-7-8-15(18)11-16-12(2)9-14(10-13(16)3)17(4,5)6/h9-10,15,18H,7-8,11H2,1-6H3. The maximum Gasteiger partial charge on any atom is 0.0580 e. The van der Waals surface area contributed by atoms with Crippen molar-refractivity contribution in [1.82, 2.24) is 0 Å². The van der Waals surface area contributed by atoms with Gasteiger partial charge in [-0.1, -0.05) is 46.2 Å². The molecular weight excluding hydrogens is 220 g/mol. The minimum absolute atomic E-state index is 0.191. The van der Waals surface area contributed by atoms with Gasteiger partial charge in [0.15, 0.2) is 0 Å². The van der Waals surface area contributed by atoms with Crippen LogP contribution in [0.3, 0.4) is 0 Å². The minimum Gasteiger partial charge on any atom is -0.393 e. The Morgan fingerprint density at radius 3 is 2.00 bits per heavy atom. The average molecular weight is 248 g/mol. The van der Waals surface area contributed by atoms with E-state index in [-0.39, 0.29) is 11.5 Å². The third-order valence-electron chi connectivity index (χ3n) is 3.62. The number of hydrogen-bond acceptors (Lipinski definition) is 1. The lowest BCUT2D eigenvalue weighted by Gasteiger charge is -2.23. The summed E-state index contributed by atoms with van der Waals surface area (Å²) in [6.45, 7) is 13.2. The molecule has 1 aromatic rings. The molecule has 0 bridgehead atoms. The molecule has 0 radical (unpaired) electrons. The summed E-state index contributed by atoms with van der Waals surface area (Å²) in [4.78, 5) is 0. The van der Waals surface area contributed by atoms with Crippen LogP contribution in [0.5, 0.6) is 0 Å². The van der Waals surface area contributed by atoms with Crippen LogP contribution in [0.25, 0.3) is 0 Å². The topological polar surface area (TPSA) is 20.2 Å². The largest absolute Gasteiger partial charge is 0.393 e. The molecule has 0 aliphatic rings. The first kappa shape index (κ1) is 15.2. The van der Waals surface area contributed by atoms with Gasteiger partial charge in [-0.15, -0.1) is 0 Å². The second kappa shape index (κ2) is 5.88. The van der Waals surface area contributed by atoms with E-state index in [0.717, 1.165) is 19.3 Å². The second-order valence-corrected chi connectivity index (χ2v) is 6.49. The summed E-state index contributed by atoms with van der Waals surface area (Å²) in [6, 6.07) is 4.56. The maximum absolute atomic E-state index is 9.98. The van der Waals surface area contributed by atoms with Crippen molar-refractivity contribution in [1.29, 1.82) is 0 Å². The lowest BCUT2D eigenvalue weighted by molar-refractivity contribution is 0.163. The molecule has 0 aliphatic carbocycles. The SMILES string of the molecule is CCCC(O)Cc1c(C)cc(C(C)(C)C)cc1C. The van der Waals surface area contributed by atoms with E-state index < -0.39 is 0 Å². The monoisotopic (exact) mass is 248 g/mol. The highest BCUT2D eigenvalue weighted by molar-refractivity contribution is 5.40. The summed E-state index contributed by atoms with van der Waals surface area (Å²) >= 11 is 0. The molecule has 1 heteroatoms. The van der Waals surface area contributed by atoms with E-state index in [2.05, 4.69) is 53.7 Å². The van der Waals surface area contributed by atoms with Crippen LogP contribution in [0.1, 0.15) is 62.8 Å². The van der Waals surface area contributed by atoms with Gasteiger partial charge < -0.3 is 5.11 Å². The summed E-state index contributed by atoms with van der Waals surface area (Å²) in [6.07, 6.45) is 2.52. The Kier molecular flexibility index (Phi) is 4.98.